The zero-order chi connectivity index (χ0) is 25.1. The van der Waals surface area contributed by atoms with Crippen molar-refractivity contribution in [3.8, 4) is 11.5 Å². The molecule has 1 aliphatic rings. The molecule has 5 rings (SSSR count). The number of carbonyl (C=O) groups excluding carboxylic acids is 1. The Labute approximate surface area is 213 Å². The Bertz CT molecular complexity index is 1390. The molecule has 4 aromatic rings. The molecule has 0 saturated heterocycles. The van der Waals surface area contributed by atoms with Gasteiger partial charge in [-0.05, 0) is 78.7 Å². The highest BCUT2D eigenvalue weighted by Gasteiger charge is 2.32. The van der Waals surface area contributed by atoms with Crippen LogP contribution in [0.5, 0.6) is 11.5 Å². The van der Waals surface area contributed by atoms with Crippen LogP contribution in [-0.4, -0.2) is 23.3 Å². The maximum Gasteiger partial charge on any atom is 0.342 e. The minimum Gasteiger partial charge on any atom is -0.457 e. The average Bonchev–Trinajstić information content (AvgIpc) is 3.33. The van der Waals surface area contributed by atoms with Crippen LogP contribution in [-0.2, 0) is 0 Å². The van der Waals surface area contributed by atoms with E-state index in [0.29, 0.717) is 28.8 Å². The predicted octanol–water partition coefficient (Wildman–Crippen LogP) is 7.62. The SMILES string of the molecule is Cc1ccc(C2=NN(C(=O)Nc3ccc(Oc4ccc(Cl)cc4)cc3)CC2c2ccc(F)cc2)cc1. The van der Waals surface area contributed by atoms with Gasteiger partial charge in [-0.15, -0.1) is 0 Å². The lowest BCUT2D eigenvalue weighted by atomic mass is 9.90. The van der Waals surface area contributed by atoms with Crippen molar-refractivity contribution < 1.29 is 13.9 Å². The van der Waals surface area contributed by atoms with Crippen LogP contribution < -0.4 is 10.1 Å². The second-order valence-electron chi connectivity index (χ2n) is 8.55. The van der Waals surface area contributed by atoms with Crippen LogP contribution in [0.1, 0.15) is 22.6 Å². The van der Waals surface area contributed by atoms with Gasteiger partial charge in [0.2, 0.25) is 0 Å². The summed E-state index contributed by atoms with van der Waals surface area (Å²) in [6.45, 7) is 2.36. The maximum atomic E-state index is 13.5. The molecule has 1 atom stereocenters. The number of aryl methyl sites for hydroxylation is 1. The first-order valence-electron chi connectivity index (χ1n) is 11.5. The summed E-state index contributed by atoms with van der Waals surface area (Å²) in [5.74, 6) is 0.823. The number of nitrogens with one attached hydrogen (secondary N) is 1. The summed E-state index contributed by atoms with van der Waals surface area (Å²) in [6.07, 6.45) is 0. The quantitative estimate of drug-likeness (QED) is 0.307. The molecular formula is C29H23ClFN3O2. The van der Waals surface area contributed by atoms with E-state index in [1.165, 1.54) is 17.1 Å². The Hall–Kier alpha value is -4.16. The van der Waals surface area contributed by atoms with Crippen molar-refractivity contribution in [1.29, 1.82) is 0 Å². The Morgan fingerprint density at radius 3 is 2.17 bits per heavy atom. The van der Waals surface area contributed by atoms with Crippen molar-refractivity contribution >= 4 is 29.0 Å². The predicted molar refractivity (Wildman–Crippen MR) is 141 cm³/mol. The highest BCUT2D eigenvalue weighted by molar-refractivity contribution is 6.30. The van der Waals surface area contributed by atoms with Crippen LogP contribution >= 0.6 is 11.6 Å². The number of hydrogen-bond acceptors (Lipinski definition) is 3. The van der Waals surface area contributed by atoms with Crippen molar-refractivity contribution in [3.05, 3.63) is 125 Å². The van der Waals surface area contributed by atoms with Gasteiger partial charge in [0.15, 0.2) is 0 Å². The molecule has 7 heteroatoms. The molecule has 5 nitrogen and oxygen atoms in total. The average molecular weight is 500 g/mol. The van der Waals surface area contributed by atoms with Crippen molar-refractivity contribution in [2.75, 3.05) is 11.9 Å². The summed E-state index contributed by atoms with van der Waals surface area (Å²) in [4.78, 5) is 13.1. The third-order valence-corrected chi connectivity index (χ3v) is 6.18. The van der Waals surface area contributed by atoms with Crippen LogP contribution in [0.15, 0.2) is 102 Å². The highest BCUT2D eigenvalue weighted by Crippen LogP contribution is 2.30. The fourth-order valence-corrected chi connectivity index (χ4v) is 4.13. The molecule has 0 aromatic heterocycles. The molecule has 0 saturated carbocycles. The molecule has 1 aliphatic heterocycles. The lowest BCUT2D eigenvalue weighted by Gasteiger charge is -2.16. The number of halogens is 2. The molecule has 4 aromatic carbocycles. The number of benzene rings is 4. The third-order valence-electron chi connectivity index (χ3n) is 5.92. The zero-order valence-corrected chi connectivity index (χ0v) is 20.2. The van der Waals surface area contributed by atoms with Crippen LogP contribution in [0.3, 0.4) is 0 Å². The number of carbonyl (C=O) groups is 1. The first kappa shape index (κ1) is 23.6. The molecule has 2 amide bonds. The molecule has 0 bridgehead atoms. The number of ether oxygens (including phenoxy) is 1. The number of nitrogens with zero attached hydrogens (tertiary/aromatic N) is 2. The number of hydrogen-bond donors (Lipinski definition) is 1. The van der Waals surface area contributed by atoms with E-state index in [0.717, 1.165) is 22.4 Å². The van der Waals surface area contributed by atoms with Gasteiger partial charge in [0.25, 0.3) is 0 Å². The second-order valence-corrected chi connectivity index (χ2v) is 8.98. The highest BCUT2D eigenvalue weighted by atomic mass is 35.5. The fourth-order valence-electron chi connectivity index (χ4n) is 4.00. The molecular weight excluding hydrogens is 477 g/mol. The van der Waals surface area contributed by atoms with Crippen LogP contribution in [0, 0.1) is 12.7 Å². The fraction of sp³-hybridized carbons (Fsp3) is 0.103. The summed E-state index contributed by atoms with van der Waals surface area (Å²) in [6, 6.07) is 28.2. The van der Waals surface area contributed by atoms with Gasteiger partial charge >= 0.3 is 6.03 Å². The minimum absolute atomic E-state index is 0.172. The number of urea groups is 1. The molecule has 36 heavy (non-hydrogen) atoms. The Morgan fingerprint density at radius 2 is 1.53 bits per heavy atom. The second kappa shape index (κ2) is 10.2. The van der Waals surface area contributed by atoms with Crippen molar-refractivity contribution in [1.82, 2.24) is 5.01 Å². The van der Waals surface area contributed by atoms with E-state index in [4.69, 9.17) is 16.3 Å². The number of amides is 2. The molecule has 0 spiro atoms. The van der Waals surface area contributed by atoms with E-state index >= 15 is 0 Å². The normalized spacial score (nSPS) is 14.9. The van der Waals surface area contributed by atoms with E-state index in [9.17, 15) is 9.18 Å². The third kappa shape index (κ3) is 5.39. The van der Waals surface area contributed by atoms with Crippen LogP contribution in [0.25, 0.3) is 0 Å². The van der Waals surface area contributed by atoms with Gasteiger partial charge in [0.05, 0.1) is 12.3 Å². The van der Waals surface area contributed by atoms with Gasteiger partial charge < -0.3 is 10.1 Å². The first-order valence-corrected chi connectivity index (χ1v) is 11.9. The van der Waals surface area contributed by atoms with Gasteiger partial charge in [0, 0.05) is 16.6 Å². The monoisotopic (exact) mass is 499 g/mol. The lowest BCUT2D eigenvalue weighted by molar-refractivity contribution is 0.218. The van der Waals surface area contributed by atoms with E-state index in [1.807, 2.05) is 31.2 Å². The zero-order valence-electron chi connectivity index (χ0n) is 19.5. The molecule has 0 fully saturated rings. The molecule has 1 unspecified atom stereocenters. The smallest absolute Gasteiger partial charge is 0.342 e. The lowest BCUT2D eigenvalue weighted by Crippen LogP contribution is -2.30. The van der Waals surface area contributed by atoms with E-state index in [-0.39, 0.29) is 17.8 Å². The summed E-state index contributed by atoms with van der Waals surface area (Å²) in [5, 5.41) is 9.60. The van der Waals surface area contributed by atoms with E-state index in [2.05, 4.69) is 10.4 Å². The standard InChI is InChI=1S/C29H23ClFN3O2/c1-19-2-4-21(5-3-19)28-27(20-6-10-23(31)11-7-20)18-34(33-28)29(35)32-24-12-16-26(17-13-24)36-25-14-8-22(30)9-15-25/h2-17,27H,18H2,1H3,(H,32,35). The van der Waals surface area contributed by atoms with E-state index < -0.39 is 0 Å². The largest absolute Gasteiger partial charge is 0.457 e. The number of hydrazone groups is 1. The molecule has 0 radical (unpaired) electrons. The van der Waals surface area contributed by atoms with Crippen LogP contribution in [0.4, 0.5) is 14.9 Å². The molecule has 1 N–H and O–H groups in total. The van der Waals surface area contributed by atoms with Gasteiger partial charge in [-0.25, -0.2) is 14.2 Å². The topological polar surface area (TPSA) is 53.9 Å². The maximum absolute atomic E-state index is 13.5. The molecule has 1 heterocycles. The van der Waals surface area contributed by atoms with Crippen LogP contribution in [0.2, 0.25) is 5.02 Å². The van der Waals surface area contributed by atoms with E-state index in [1.54, 1.807) is 60.7 Å². The number of anilines is 1. The Kier molecular flexibility index (Phi) is 6.69. The summed E-state index contributed by atoms with van der Waals surface area (Å²) < 4.78 is 19.3. The van der Waals surface area contributed by atoms with Crippen molar-refractivity contribution in [3.63, 3.8) is 0 Å². The van der Waals surface area contributed by atoms with Gasteiger partial charge in [-0.1, -0.05) is 53.6 Å². The van der Waals surface area contributed by atoms with Crippen molar-refractivity contribution in [2.24, 2.45) is 5.10 Å². The van der Waals surface area contributed by atoms with Gasteiger partial charge in [-0.3, -0.25) is 0 Å². The summed E-state index contributed by atoms with van der Waals surface area (Å²) >= 11 is 5.91. The van der Waals surface area contributed by atoms with Gasteiger partial charge in [0.1, 0.15) is 17.3 Å². The van der Waals surface area contributed by atoms with Crippen molar-refractivity contribution in [2.45, 2.75) is 12.8 Å². The number of rotatable bonds is 5. The first-order chi connectivity index (χ1) is 17.4. The molecule has 0 aliphatic carbocycles. The minimum atomic E-state index is -0.351. The molecule has 180 valence electrons. The Morgan fingerprint density at radius 1 is 0.917 bits per heavy atom. The summed E-state index contributed by atoms with van der Waals surface area (Å²) in [5.41, 5.74) is 4.33. The summed E-state index contributed by atoms with van der Waals surface area (Å²) in [7, 11) is 0. The van der Waals surface area contributed by atoms with Gasteiger partial charge in [-0.2, -0.15) is 5.10 Å². The Balaban J connectivity index is 1.32.